The van der Waals surface area contributed by atoms with Crippen molar-refractivity contribution < 1.29 is 14.6 Å². The normalized spacial score (nSPS) is 29.9. The summed E-state index contributed by atoms with van der Waals surface area (Å²) < 4.78 is 5.84. The predicted molar refractivity (Wildman–Crippen MR) is 92.1 cm³/mol. The number of hydrogen-bond acceptors (Lipinski definition) is 3. The fourth-order valence-corrected chi connectivity index (χ4v) is 4.56. The SMILES string of the molecule is CO[C@@]12CC[C@H](O)C[C@@H]1N(C(=O)c1[nH]c3ccccc3c1C)CC2. The Morgan fingerprint density at radius 2 is 2.17 bits per heavy atom. The first-order chi connectivity index (χ1) is 11.6. The predicted octanol–water partition coefficient (Wildman–Crippen LogP) is 2.62. The molecule has 5 nitrogen and oxygen atoms in total. The number of methoxy groups -OCH3 is 1. The number of aliphatic hydroxyl groups excluding tert-OH is 1. The van der Waals surface area contributed by atoms with E-state index in [0.29, 0.717) is 18.7 Å². The monoisotopic (exact) mass is 328 g/mol. The minimum Gasteiger partial charge on any atom is -0.393 e. The molecule has 2 N–H and O–H groups in total. The summed E-state index contributed by atoms with van der Waals surface area (Å²) >= 11 is 0. The number of benzene rings is 1. The number of nitrogens with zero attached hydrogens (tertiary/aromatic N) is 1. The molecule has 2 aromatic rings. The number of aliphatic hydroxyl groups is 1. The van der Waals surface area contributed by atoms with Gasteiger partial charge in [0, 0.05) is 24.6 Å². The van der Waals surface area contributed by atoms with Crippen molar-refractivity contribution in [1.82, 2.24) is 9.88 Å². The zero-order chi connectivity index (χ0) is 16.9. The van der Waals surface area contributed by atoms with E-state index in [1.165, 1.54) is 0 Å². The van der Waals surface area contributed by atoms with Gasteiger partial charge in [0.05, 0.1) is 17.7 Å². The molecule has 4 rings (SSSR count). The van der Waals surface area contributed by atoms with Crippen LogP contribution in [-0.4, -0.2) is 52.3 Å². The Bertz CT molecular complexity index is 784. The number of hydrogen-bond donors (Lipinski definition) is 2. The highest BCUT2D eigenvalue weighted by Crippen LogP contribution is 2.43. The summed E-state index contributed by atoms with van der Waals surface area (Å²) in [6.45, 7) is 2.67. The molecule has 2 fully saturated rings. The minimum atomic E-state index is -0.351. The molecule has 1 aromatic heterocycles. The van der Waals surface area contributed by atoms with Gasteiger partial charge in [0.2, 0.25) is 0 Å². The lowest BCUT2D eigenvalue weighted by Gasteiger charge is -2.42. The molecule has 1 aromatic carbocycles. The Labute approximate surface area is 141 Å². The van der Waals surface area contributed by atoms with Crippen LogP contribution in [0.3, 0.4) is 0 Å². The number of rotatable bonds is 2. The number of carbonyl (C=O) groups is 1. The van der Waals surface area contributed by atoms with Gasteiger partial charge in [-0.2, -0.15) is 0 Å². The molecule has 1 saturated carbocycles. The van der Waals surface area contributed by atoms with Crippen LogP contribution in [0.4, 0.5) is 0 Å². The van der Waals surface area contributed by atoms with Crippen molar-refractivity contribution >= 4 is 16.8 Å². The van der Waals surface area contributed by atoms with E-state index in [9.17, 15) is 9.90 Å². The third kappa shape index (κ3) is 2.19. The van der Waals surface area contributed by atoms with E-state index < -0.39 is 0 Å². The maximum atomic E-state index is 13.2. The number of fused-ring (bicyclic) bond motifs is 2. The highest BCUT2D eigenvalue weighted by molar-refractivity contribution is 6.01. The first-order valence-electron chi connectivity index (χ1n) is 8.67. The third-order valence-electron chi connectivity index (χ3n) is 6.00. The van der Waals surface area contributed by atoms with Gasteiger partial charge in [0.1, 0.15) is 5.69 Å². The fraction of sp³-hybridized carbons (Fsp3) is 0.526. The second-order valence-electron chi connectivity index (χ2n) is 7.13. The number of nitrogens with one attached hydrogen (secondary N) is 1. The lowest BCUT2D eigenvalue weighted by atomic mass is 9.79. The maximum Gasteiger partial charge on any atom is 0.270 e. The summed E-state index contributed by atoms with van der Waals surface area (Å²) in [6, 6.07) is 7.93. The molecule has 0 spiro atoms. The zero-order valence-corrected chi connectivity index (χ0v) is 14.2. The number of H-pyrrole nitrogens is 1. The topological polar surface area (TPSA) is 65.6 Å². The van der Waals surface area contributed by atoms with E-state index >= 15 is 0 Å². The van der Waals surface area contributed by atoms with Crippen molar-refractivity contribution in [2.24, 2.45) is 0 Å². The quantitative estimate of drug-likeness (QED) is 0.890. The molecule has 1 saturated heterocycles. The molecule has 0 bridgehead atoms. The highest BCUT2D eigenvalue weighted by atomic mass is 16.5. The molecule has 3 atom stereocenters. The average molecular weight is 328 g/mol. The van der Waals surface area contributed by atoms with E-state index in [1.54, 1.807) is 7.11 Å². The lowest BCUT2D eigenvalue weighted by Crippen LogP contribution is -2.52. The molecule has 1 amide bonds. The molecule has 24 heavy (non-hydrogen) atoms. The zero-order valence-electron chi connectivity index (χ0n) is 14.2. The van der Waals surface area contributed by atoms with Crippen LogP contribution < -0.4 is 0 Å². The fourth-order valence-electron chi connectivity index (χ4n) is 4.56. The van der Waals surface area contributed by atoms with Gasteiger partial charge in [-0.05, 0) is 44.2 Å². The summed E-state index contributed by atoms with van der Waals surface area (Å²) in [5.41, 5.74) is 2.33. The van der Waals surface area contributed by atoms with Crippen molar-refractivity contribution in [2.45, 2.75) is 50.4 Å². The molecule has 5 heteroatoms. The Balaban J connectivity index is 1.70. The van der Waals surface area contributed by atoms with Gasteiger partial charge >= 0.3 is 0 Å². The number of likely N-dealkylation sites (tertiary alicyclic amines) is 1. The van der Waals surface area contributed by atoms with Gasteiger partial charge in [-0.25, -0.2) is 0 Å². The number of amides is 1. The number of aromatic nitrogens is 1. The van der Waals surface area contributed by atoms with Crippen LogP contribution >= 0.6 is 0 Å². The van der Waals surface area contributed by atoms with E-state index in [-0.39, 0.29) is 23.7 Å². The molecular weight excluding hydrogens is 304 g/mol. The molecule has 2 aliphatic rings. The summed E-state index contributed by atoms with van der Waals surface area (Å²) in [5, 5.41) is 11.2. The van der Waals surface area contributed by atoms with E-state index in [2.05, 4.69) is 4.98 Å². The minimum absolute atomic E-state index is 0.0155. The van der Waals surface area contributed by atoms with Gasteiger partial charge in [-0.3, -0.25) is 4.79 Å². The smallest absolute Gasteiger partial charge is 0.270 e. The largest absolute Gasteiger partial charge is 0.393 e. The Morgan fingerprint density at radius 3 is 2.92 bits per heavy atom. The number of aromatic amines is 1. The third-order valence-corrected chi connectivity index (χ3v) is 6.00. The van der Waals surface area contributed by atoms with Crippen molar-refractivity contribution in [3.63, 3.8) is 0 Å². The summed E-state index contributed by atoms with van der Waals surface area (Å²) in [4.78, 5) is 18.4. The second-order valence-corrected chi connectivity index (χ2v) is 7.13. The van der Waals surface area contributed by atoms with E-state index in [0.717, 1.165) is 35.7 Å². The van der Waals surface area contributed by atoms with Crippen LogP contribution in [0.2, 0.25) is 0 Å². The lowest BCUT2D eigenvalue weighted by molar-refractivity contribution is -0.0824. The summed E-state index contributed by atoms with van der Waals surface area (Å²) in [6.07, 6.45) is 2.64. The number of para-hydroxylation sites is 1. The molecule has 0 radical (unpaired) electrons. The molecule has 1 aliphatic carbocycles. The van der Waals surface area contributed by atoms with E-state index in [4.69, 9.17) is 4.74 Å². The summed E-state index contributed by atoms with van der Waals surface area (Å²) in [5.74, 6) is 0.0155. The number of carbonyl (C=O) groups excluding carboxylic acids is 1. The molecule has 2 heterocycles. The standard InChI is InChI=1S/C19H24N2O3/c1-12-14-5-3-4-6-15(14)20-17(12)18(23)21-10-9-19(24-2)8-7-13(22)11-16(19)21/h3-6,13,16,20,22H,7-11H2,1-2H3/t13-,16-,19+/m0/s1. The highest BCUT2D eigenvalue weighted by Gasteiger charge is 2.52. The van der Waals surface area contributed by atoms with Crippen molar-refractivity contribution in [2.75, 3.05) is 13.7 Å². The summed E-state index contributed by atoms with van der Waals surface area (Å²) in [7, 11) is 1.73. The Morgan fingerprint density at radius 1 is 1.38 bits per heavy atom. The van der Waals surface area contributed by atoms with Gasteiger partial charge in [0.15, 0.2) is 0 Å². The Kier molecular flexibility index (Phi) is 3.66. The van der Waals surface area contributed by atoms with Crippen LogP contribution in [0.15, 0.2) is 24.3 Å². The van der Waals surface area contributed by atoms with Crippen molar-refractivity contribution in [3.8, 4) is 0 Å². The van der Waals surface area contributed by atoms with Crippen molar-refractivity contribution in [1.29, 1.82) is 0 Å². The van der Waals surface area contributed by atoms with Crippen LogP contribution in [0, 0.1) is 6.92 Å². The molecule has 128 valence electrons. The maximum absolute atomic E-state index is 13.2. The number of ether oxygens (including phenoxy) is 1. The van der Waals surface area contributed by atoms with Gasteiger partial charge in [0.25, 0.3) is 5.91 Å². The van der Waals surface area contributed by atoms with Gasteiger partial charge in [-0.15, -0.1) is 0 Å². The van der Waals surface area contributed by atoms with Crippen molar-refractivity contribution in [3.05, 3.63) is 35.5 Å². The van der Waals surface area contributed by atoms with Gasteiger partial charge in [-0.1, -0.05) is 18.2 Å². The van der Waals surface area contributed by atoms with Crippen LogP contribution in [0.25, 0.3) is 10.9 Å². The Hall–Kier alpha value is -1.85. The first kappa shape index (κ1) is 15.7. The van der Waals surface area contributed by atoms with Crippen LogP contribution in [0.1, 0.15) is 41.7 Å². The second kappa shape index (κ2) is 5.60. The average Bonchev–Trinajstić information content (AvgIpc) is 3.13. The van der Waals surface area contributed by atoms with Gasteiger partial charge < -0.3 is 19.7 Å². The van der Waals surface area contributed by atoms with E-state index in [1.807, 2.05) is 36.1 Å². The van der Waals surface area contributed by atoms with Crippen LogP contribution in [0.5, 0.6) is 0 Å². The molecule has 1 aliphatic heterocycles. The first-order valence-corrected chi connectivity index (χ1v) is 8.67. The number of aryl methyl sites for hydroxylation is 1. The molecule has 0 unspecified atom stereocenters. The molecular formula is C19H24N2O3. The van der Waals surface area contributed by atoms with Crippen LogP contribution in [-0.2, 0) is 4.74 Å².